The molecule has 1 N–H and O–H groups in total. The lowest BCUT2D eigenvalue weighted by Gasteiger charge is -2.20. The lowest BCUT2D eigenvalue weighted by atomic mass is 9.90. The van der Waals surface area contributed by atoms with Gasteiger partial charge in [-0.3, -0.25) is 0 Å². The van der Waals surface area contributed by atoms with Crippen molar-refractivity contribution in [1.82, 2.24) is 0 Å². The van der Waals surface area contributed by atoms with Gasteiger partial charge < -0.3 is 5.11 Å². The molecule has 0 aromatic heterocycles. The van der Waals surface area contributed by atoms with Crippen LogP contribution in [-0.2, 0) is 6.42 Å². The molecular weight excluding hydrogens is 307 g/mol. The van der Waals surface area contributed by atoms with Crippen LogP contribution in [0.5, 0.6) is 0 Å². The molecule has 0 saturated carbocycles. The quantitative estimate of drug-likeness (QED) is 0.872. The first kappa shape index (κ1) is 12.8. The van der Waals surface area contributed by atoms with Gasteiger partial charge in [-0.25, -0.2) is 4.39 Å². The molecule has 0 spiro atoms. The maximum absolute atomic E-state index is 13.9. The lowest BCUT2D eigenvalue weighted by molar-refractivity contribution is 0.140. The third kappa shape index (κ3) is 2.33. The van der Waals surface area contributed by atoms with Crippen molar-refractivity contribution in [3.05, 3.63) is 69.4 Å². The van der Waals surface area contributed by atoms with Crippen LogP contribution in [0.1, 0.15) is 35.1 Å². The number of rotatable bonds is 2. The molecule has 19 heavy (non-hydrogen) atoms. The van der Waals surface area contributed by atoms with Crippen LogP contribution in [0.25, 0.3) is 0 Å². The van der Waals surface area contributed by atoms with Crippen LogP contribution in [-0.4, -0.2) is 5.11 Å². The SMILES string of the molecule is OC(c1cc(Br)ccc1F)C1CCc2ccccc21. The van der Waals surface area contributed by atoms with Crippen molar-refractivity contribution in [1.29, 1.82) is 0 Å². The first-order valence-corrected chi connectivity index (χ1v) is 7.17. The minimum atomic E-state index is -0.791. The Morgan fingerprint density at radius 1 is 1.21 bits per heavy atom. The predicted molar refractivity (Wildman–Crippen MR) is 76.6 cm³/mol. The minimum absolute atomic E-state index is 0.0139. The number of aliphatic hydroxyl groups excluding tert-OH is 1. The highest BCUT2D eigenvalue weighted by molar-refractivity contribution is 9.10. The van der Waals surface area contributed by atoms with E-state index < -0.39 is 6.10 Å². The van der Waals surface area contributed by atoms with E-state index in [1.54, 1.807) is 12.1 Å². The lowest BCUT2D eigenvalue weighted by Crippen LogP contribution is -2.10. The van der Waals surface area contributed by atoms with E-state index in [-0.39, 0.29) is 11.7 Å². The number of benzene rings is 2. The summed E-state index contributed by atoms with van der Waals surface area (Å²) in [5, 5.41) is 10.5. The van der Waals surface area contributed by atoms with Crippen LogP contribution in [0.2, 0.25) is 0 Å². The highest BCUT2D eigenvalue weighted by Crippen LogP contribution is 2.42. The zero-order valence-electron chi connectivity index (χ0n) is 10.3. The second-order valence-electron chi connectivity index (χ2n) is 4.95. The highest BCUT2D eigenvalue weighted by Gasteiger charge is 2.30. The molecule has 0 fully saturated rings. The van der Waals surface area contributed by atoms with Crippen LogP contribution in [0.3, 0.4) is 0 Å². The van der Waals surface area contributed by atoms with Crippen molar-refractivity contribution in [3.63, 3.8) is 0 Å². The zero-order chi connectivity index (χ0) is 13.4. The number of aryl methyl sites for hydroxylation is 1. The van der Waals surface area contributed by atoms with Crippen molar-refractivity contribution in [2.45, 2.75) is 24.9 Å². The molecule has 1 nitrogen and oxygen atoms in total. The zero-order valence-corrected chi connectivity index (χ0v) is 11.9. The third-order valence-corrected chi connectivity index (χ3v) is 4.33. The van der Waals surface area contributed by atoms with E-state index in [0.29, 0.717) is 5.56 Å². The number of aliphatic hydroxyl groups is 1. The Hall–Kier alpha value is -1.19. The monoisotopic (exact) mass is 320 g/mol. The Labute approximate surface area is 120 Å². The summed E-state index contributed by atoms with van der Waals surface area (Å²) in [6.07, 6.45) is 1.03. The first-order chi connectivity index (χ1) is 9.16. The molecule has 2 atom stereocenters. The number of fused-ring (bicyclic) bond motifs is 1. The van der Waals surface area contributed by atoms with Crippen LogP contribution in [0, 0.1) is 5.82 Å². The summed E-state index contributed by atoms with van der Waals surface area (Å²) in [6.45, 7) is 0. The second-order valence-corrected chi connectivity index (χ2v) is 5.87. The molecular formula is C16H14BrFO. The van der Waals surface area contributed by atoms with E-state index >= 15 is 0 Å². The largest absolute Gasteiger partial charge is 0.388 e. The first-order valence-electron chi connectivity index (χ1n) is 6.37. The summed E-state index contributed by atoms with van der Waals surface area (Å²) in [5.41, 5.74) is 2.78. The van der Waals surface area contributed by atoms with Crippen LogP contribution < -0.4 is 0 Å². The van der Waals surface area contributed by atoms with Gasteiger partial charge in [0, 0.05) is 16.0 Å². The fourth-order valence-corrected chi connectivity index (χ4v) is 3.25. The fourth-order valence-electron chi connectivity index (χ4n) is 2.88. The van der Waals surface area contributed by atoms with Crippen LogP contribution in [0.4, 0.5) is 4.39 Å². The molecule has 1 aliphatic carbocycles. The highest BCUT2D eigenvalue weighted by atomic mass is 79.9. The van der Waals surface area contributed by atoms with E-state index in [1.165, 1.54) is 11.6 Å². The molecule has 2 aromatic rings. The minimum Gasteiger partial charge on any atom is -0.388 e. The van der Waals surface area contributed by atoms with Gasteiger partial charge in [0.05, 0.1) is 6.10 Å². The van der Waals surface area contributed by atoms with Crippen molar-refractivity contribution >= 4 is 15.9 Å². The molecule has 2 aromatic carbocycles. The van der Waals surface area contributed by atoms with E-state index in [4.69, 9.17) is 0 Å². The number of hydrogen-bond donors (Lipinski definition) is 1. The standard InChI is InChI=1S/C16H14BrFO/c17-11-6-8-15(18)14(9-11)16(19)13-7-5-10-3-1-2-4-12(10)13/h1-4,6,8-9,13,16,19H,5,7H2. The molecule has 2 unspecified atom stereocenters. The Bertz CT molecular complexity index is 611. The van der Waals surface area contributed by atoms with E-state index in [0.717, 1.165) is 22.9 Å². The normalized spacial score (nSPS) is 19.2. The summed E-state index contributed by atoms with van der Waals surface area (Å²) < 4.78 is 14.7. The Morgan fingerprint density at radius 3 is 2.84 bits per heavy atom. The van der Waals surface area contributed by atoms with Gasteiger partial charge in [0.25, 0.3) is 0 Å². The van der Waals surface area contributed by atoms with Gasteiger partial charge in [-0.1, -0.05) is 40.2 Å². The average Bonchev–Trinajstić information content (AvgIpc) is 2.84. The van der Waals surface area contributed by atoms with Crippen molar-refractivity contribution in [2.24, 2.45) is 0 Å². The molecule has 98 valence electrons. The van der Waals surface area contributed by atoms with Crippen molar-refractivity contribution in [2.75, 3.05) is 0 Å². The predicted octanol–water partition coefficient (Wildman–Crippen LogP) is 4.35. The second kappa shape index (κ2) is 5.06. The molecule has 3 rings (SSSR count). The van der Waals surface area contributed by atoms with Crippen LogP contribution >= 0.6 is 15.9 Å². The molecule has 0 radical (unpaired) electrons. The molecule has 3 heteroatoms. The summed E-state index contributed by atoms with van der Waals surface area (Å²) in [4.78, 5) is 0. The van der Waals surface area contributed by atoms with E-state index in [9.17, 15) is 9.50 Å². The third-order valence-electron chi connectivity index (χ3n) is 3.84. The van der Waals surface area contributed by atoms with Gasteiger partial charge in [0.2, 0.25) is 0 Å². The topological polar surface area (TPSA) is 20.2 Å². The molecule has 0 saturated heterocycles. The molecule has 0 amide bonds. The van der Waals surface area contributed by atoms with Gasteiger partial charge in [-0.15, -0.1) is 0 Å². The van der Waals surface area contributed by atoms with E-state index in [1.807, 2.05) is 18.2 Å². The maximum atomic E-state index is 13.9. The Kier molecular flexibility index (Phi) is 3.42. The average molecular weight is 321 g/mol. The molecule has 0 heterocycles. The van der Waals surface area contributed by atoms with Gasteiger partial charge in [-0.05, 0) is 42.2 Å². The number of halogens is 2. The summed E-state index contributed by atoms with van der Waals surface area (Å²) in [7, 11) is 0. The van der Waals surface area contributed by atoms with Gasteiger partial charge >= 0.3 is 0 Å². The smallest absolute Gasteiger partial charge is 0.129 e. The van der Waals surface area contributed by atoms with E-state index in [2.05, 4.69) is 22.0 Å². The van der Waals surface area contributed by atoms with Crippen molar-refractivity contribution < 1.29 is 9.50 Å². The summed E-state index contributed by atoms with van der Waals surface area (Å²) >= 11 is 3.33. The number of hydrogen-bond acceptors (Lipinski definition) is 1. The fraction of sp³-hybridized carbons (Fsp3) is 0.250. The summed E-state index contributed by atoms with van der Waals surface area (Å²) in [6, 6.07) is 12.8. The van der Waals surface area contributed by atoms with Crippen molar-refractivity contribution in [3.8, 4) is 0 Å². The van der Waals surface area contributed by atoms with Gasteiger partial charge in [0.1, 0.15) is 5.82 Å². The van der Waals surface area contributed by atoms with Gasteiger partial charge in [-0.2, -0.15) is 0 Å². The Balaban J connectivity index is 1.97. The maximum Gasteiger partial charge on any atom is 0.129 e. The Morgan fingerprint density at radius 2 is 2.00 bits per heavy atom. The molecule has 0 aliphatic heterocycles. The van der Waals surface area contributed by atoms with Crippen LogP contribution in [0.15, 0.2) is 46.9 Å². The molecule has 0 bridgehead atoms. The summed E-state index contributed by atoms with van der Waals surface area (Å²) in [5.74, 6) is -0.361. The van der Waals surface area contributed by atoms with Gasteiger partial charge in [0.15, 0.2) is 0 Å². The molecule has 1 aliphatic rings.